The first-order chi connectivity index (χ1) is 22.0. The largest absolute Gasteiger partial charge is 0.383 e. The van der Waals surface area contributed by atoms with E-state index in [1.807, 2.05) is 37.3 Å². The zero-order valence-electron chi connectivity index (χ0n) is 25.9. The van der Waals surface area contributed by atoms with Crippen LogP contribution in [0.1, 0.15) is 67.6 Å². The van der Waals surface area contributed by atoms with Crippen LogP contribution in [0.15, 0.2) is 61.2 Å². The highest BCUT2D eigenvalue weighted by Crippen LogP contribution is 2.48. The average molecular weight is 619 g/mol. The van der Waals surface area contributed by atoms with E-state index in [2.05, 4.69) is 69.0 Å². The average Bonchev–Trinajstić information content (AvgIpc) is 3.72. The third-order valence-electron chi connectivity index (χ3n) is 8.33. The lowest BCUT2D eigenvalue weighted by atomic mass is 9.92. The lowest BCUT2D eigenvalue weighted by Gasteiger charge is -2.23. The summed E-state index contributed by atoms with van der Waals surface area (Å²) in [5.74, 6) is 0. The zero-order chi connectivity index (χ0) is 32.6. The van der Waals surface area contributed by atoms with Crippen LogP contribution in [-0.4, -0.2) is 43.1 Å². The monoisotopic (exact) mass is 618 g/mol. The molecular weight excluding hydrogens is 586 g/mol. The molecule has 0 spiro atoms. The molecule has 1 unspecified atom stereocenters. The minimum atomic E-state index is -2.57. The number of fused-ring (bicyclic) bond motifs is 1. The molecule has 5 aromatic rings. The fraction of sp³-hybridized carbons (Fsp3) is 0.324. The minimum Gasteiger partial charge on any atom is -0.383 e. The number of benzene rings is 2. The Morgan fingerprint density at radius 3 is 2.48 bits per heavy atom. The van der Waals surface area contributed by atoms with E-state index in [0.29, 0.717) is 58.5 Å². The van der Waals surface area contributed by atoms with Crippen molar-refractivity contribution in [2.24, 2.45) is 5.41 Å². The third kappa shape index (κ3) is 5.70. The minimum absolute atomic E-state index is 0.0861. The van der Waals surface area contributed by atoms with Crippen LogP contribution in [0.5, 0.6) is 0 Å². The number of nitriles is 2. The molecule has 0 bridgehead atoms. The number of hydrogen-bond acceptors (Lipinski definition) is 9. The zero-order valence-corrected chi connectivity index (χ0v) is 25.9. The van der Waals surface area contributed by atoms with Crippen molar-refractivity contribution >= 4 is 22.3 Å². The van der Waals surface area contributed by atoms with Crippen LogP contribution >= 0.6 is 0 Å². The molecule has 2 aromatic carbocycles. The van der Waals surface area contributed by atoms with Gasteiger partial charge >= 0.3 is 0 Å². The van der Waals surface area contributed by atoms with E-state index in [4.69, 9.17) is 0 Å². The highest BCUT2D eigenvalue weighted by Gasteiger charge is 2.54. The number of rotatable bonds is 9. The van der Waals surface area contributed by atoms with E-state index in [9.17, 15) is 19.3 Å². The Bertz CT molecular complexity index is 2000. The van der Waals surface area contributed by atoms with Gasteiger partial charge < -0.3 is 10.6 Å². The van der Waals surface area contributed by atoms with E-state index < -0.39 is 18.0 Å². The highest BCUT2D eigenvalue weighted by atomic mass is 19.3. The molecule has 1 atom stereocenters. The second-order valence-electron chi connectivity index (χ2n) is 12.8. The Morgan fingerprint density at radius 1 is 1.04 bits per heavy atom. The van der Waals surface area contributed by atoms with Gasteiger partial charge in [-0.1, -0.05) is 44.2 Å². The van der Waals surface area contributed by atoms with Gasteiger partial charge in [0.25, 0.3) is 6.43 Å². The third-order valence-corrected chi connectivity index (χ3v) is 8.33. The predicted octanol–water partition coefficient (Wildman–Crippen LogP) is 6.75. The van der Waals surface area contributed by atoms with Gasteiger partial charge in [-0.2, -0.15) is 20.7 Å². The number of nitrogens with zero attached hydrogens (tertiary/aromatic N) is 8. The summed E-state index contributed by atoms with van der Waals surface area (Å²) in [6, 6.07) is 15.1. The quantitative estimate of drug-likeness (QED) is 0.183. The molecule has 0 amide bonds. The number of aromatic nitrogens is 6. The first-order valence-electron chi connectivity index (χ1n) is 14.9. The fourth-order valence-electron chi connectivity index (χ4n) is 5.61. The summed E-state index contributed by atoms with van der Waals surface area (Å²) in [7, 11) is 0. The number of pyridine rings is 1. The van der Waals surface area contributed by atoms with E-state index in [1.165, 1.54) is 10.9 Å². The molecule has 3 heterocycles. The van der Waals surface area contributed by atoms with Crippen LogP contribution in [0.3, 0.4) is 0 Å². The summed E-state index contributed by atoms with van der Waals surface area (Å²) < 4.78 is 29.3. The Kier molecular flexibility index (Phi) is 7.82. The number of alkyl halides is 2. The van der Waals surface area contributed by atoms with Crippen molar-refractivity contribution in [1.29, 1.82) is 10.5 Å². The second-order valence-corrected chi connectivity index (χ2v) is 12.8. The number of anilines is 2. The molecule has 3 aromatic heterocycles. The van der Waals surface area contributed by atoms with Gasteiger partial charge in [0.2, 0.25) is 0 Å². The molecule has 12 heteroatoms. The smallest absolute Gasteiger partial charge is 0.263 e. The highest BCUT2D eigenvalue weighted by molar-refractivity contribution is 5.99. The topological polar surface area (TPSA) is 141 Å². The Morgan fingerprint density at radius 2 is 1.83 bits per heavy atom. The molecule has 46 heavy (non-hydrogen) atoms. The van der Waals surface area contributed by atoms with Gasteiger partial charge in [-0.15, -0.1) is 5.10 Å². The lowest BCUT2D eigenvalue weighted by molar-refractivity contribution is 0.0593. The van der Waals surface area contributed by atoms with Gasteiger partial charge in [-0.3, -0.25) is 4.98 Å². The Balaban J connectivity index is 1.50. The molecule has 10 nitrogen and oxygen atoms in total. The summed E-state index contributed by atoms with van der Waals surface area (Å²) in [5.41, 5.74) is 4.82. The predicted molar refractivity (Wildman–Crippen MR) is 170 cm³/mol. The summed E-state index contributed by atoms with van der Waals surface area (Å²) in [6.07, 6.45) is 4.43. The Hall–Kier alpha value is -5.49. The van der Waals surface area contributed by atoms with Crippen molar-refractivity contribution in [3.8, 4) is 23.3 Å². The summed E-state index contributed by atoms with van der Waals surface area (Å²) in [4.78, 5) is 4.46. The lowest BCUT2D eigenvalue weighted by Crippen LogP contribution is -2.26. The molecule has 232 valence electrons. The van der Waals surface area contributed by atoms with Crippen LogP contribution in [0.25, 0.3) is 22.0 Å². The van der Waals surface area contributed by atoms with Gasteiger partial charge in [0, 0.05) is 29.4 Å². The van der Waals surface area contributed by atoms with Crippen molar-refractivity contribution in [1.82, 2.24) is 30.2 Å². The maximum atomic E-state index is 14.0. The number of nitrogens with one attached hydrogen (secondary N) is 2. The van der Waals surface area contributed by atoms with Gasteiger partial charge in [0.15, 0.2) is 0 Å². The van der Waals surface area contributed by atoms with Crippen LogP contribution in [0, 0.1) is 35.0 Å². The molecule has 2 N–H and O–H groups in total. The van der Waals surface area contributed by atoms with Crippen molar-refractivity contribution in [2.75, 3.05) is 17.2 Å². The molecule has 1 aliphatic rings. The van der Waals surface area contributed by atoms with E-state index in [0.717, 1.165) is 22.3 Å². The maximum Gasteiger partial charge on any atom is 0.263 e. The normalized spacial score (nSPS) is 14.5. The SMILES string of the molecule is Cc1c(-c2ccnnc2)cccc1C(Nc1cc(C#N)c2ncc(C#N)c(NCC(C)(C)C)c2c1)c1cn(C2(C(F)F)CC2)nn1. The standard InChI is InChI=1S/C34H32F2N10/c1-20-25(21-8-11-41-42-17-21)6-5-7-26(20)31(28-18-46(45-44-28)34(9-10-34)32(35)36)43-24-12-22(14-37)29-27(13-24)30(23(15-38)16-39-29)40-19-33(2,3)4/h5-8,11-13,16-18,31-32,43H,9-10,19H2,1-4H3,(H,39,40). The van der Waals surface area contributed by atoms with Crippen molar-refractivity contribution in [3.05, 3.63) is 89.1 Å². The van der Waals surface area contributed by atoms with Crippen LogP contribution in [0.2, 0.25) is 0 Å². The molecular formula is C34H32F2N10. The molecule has 6 rings (SSSR count). The second kappa shape index (κ2) is 11.8. The van der Waals surface area contributed by atoms with Crippen molar-refractivity contribution in [3.63, 3.8) is 0 Å². The molecule has 0 saturated heterocycles. The van der Waals surface area contributed by atoms with E-state index >= 15 is 0 Å². The number of hydrogen-bond donors (Lipinski definition) is 2. The first kappa shape index (κ1) is 30.5. The molecule has 0 radical (unpaired) electrons. The van der Waals surface area contributed by atoms with Gasteiger partial charge in [0.1, 0.15) is 23.4 Å². The van der Waals surface area contributed by atoms with E-state index in [-0.39, 0.29) is 5.41 Å². The van der Waals surface area contributed by atoms with Crippen LogP contribution < -0.4 is 10.6 Å². The van der Waals surface area contributed by atoms with Gasteiger partial charge in [0.05, 0.1) is 47.0 Å². The van der Waals surface area contributed by atoms with Crippen LogP contribution in [-0.2, 0) is 5.54 Å². The summed E-state index contributed by atoms with van der Waals surface area (Å²) in [5, 5.41) is 44.1. The van der Waals surface area contributed by atoms with Crippen molar-refractivity contribution in [2.45, 2.75) is 58.5 Å². The summed E-state index contributed by atoms with van der Waals surface area (Å²) in [6.45, 7) is 8.80. The number of halogens is 2. The van der Waals surface area contributed by atoms with Crippen LogP contribution in [0.4, 0.5) is 20.2 Å². The molecule has 1 saturated carbocycles. The summed E-state index contributed by atoms with van der Waals surface area (Å²) >= 11 is 0. The van der Waals surface area contributed by atoms with E-state index in [1.54, 1.807) is 24.7 Å². The van der Waals surface area contributed by atoms with Crippen molar-refractivity contribution < 1.29 is 8.78 Å². The van der Waals surface area contributed by atoms with Gasteiger partial charge in [-0.25, -0.2) is 13.5 Å². The van der Waals surface area contributed by atoms with Gasteiger partial charge in [-0.05, 0) is 60.1 Å². The molecule has 0 aliphatic heterocycles. The fourth-order valence-corrected chi connectivity index (χ4v) is 5.61. The Labute approximate surface area is 265 Å². The first-order valence-corrected chi connectivity index (χ1v) is 14.9. The maximum absolute atomic E-state index is 14.0. The molecule has 1 fully saturated rings. The molecule has 1 aliphatic carbocycles.